The third-order valence-corrected chi connectivity index (χ3v) is 5.63. The molecule has 8 nitrogen and oxygen atoms in total. The molecule has 206 valence electrons. The minimum Gasteiger partial charge on any atom is -0.463 e. The number of phosphoric acid groups is 1. The number of aliphatic hydroxyl groups is 1. The first-order valence-electron chi connectivity index (χ1n) is 12.8. The van der Waals surface area contributed by atoms with Crippen molar-refractivity contribution in [3.05, 3.63) is 60.8 Å². The van der Waals surface area contributed by atoms with E-state index in [2.05, 4.69) is 76.7 Å². The number of nitrogens with two attached hydrogens (primary N) is 1. The molecule has 0 aromatic rings. The van der Waals surface area contributed by atoms with Crippen molar-refractivity contribution >= 4 is 13.8 Å². The van der Waals surface area contributed by atoms with E-state index >= 15 is 0 Å². The van der Waals surface area contributed by atoms with Crippen LogP contribution in [0.4, 0.5) is 0 Å². The number of aliphatic hydroxyl groups excluding tert-OH is 1. The van der Waals surface area contributed by atoms with Gasteiger partial charge in [-0.25, -0.2) is 4.57 Å². The number of phosphoric ester groups is 1. The summed E-state index contributed by atoms with van der Waals surface area (Å²) in [5, 5.41) is 9.69. The van der Waals surface area contributed by atoms with Crippen LogP contribution >= 0.6 is 7.82 Å². The average molecular weight is 528 g/mol. The van der Waals surface area contributed by atoms with Crippen LogP contribution in [0.25, 0.3) is 0 Å². The number of hydrogen-bond donors (Lipinski definition) is 3. The Kier molecular flexibility index (Phi) is 23.6. The molecule has 0 aliphatic heterocycles. The normalized spacial score (nSPS) is 15.1. The molecule has 36 heavy (non-hydrogen) atoms. The number of esters is 1. The summed E-state index contributed by atoms with van der Waals surface area (Å²) in [5.74, 6) is -0.421. The summed E-state index contributed by atoms with van der Waals surface area (Å²) in [6, 6.07) is 0. The maximum atomic E-state index is 11.7. The van der Waals surface area contributed by atoms with Crippen LogP contribution in [0.3, 0.4) is 0 Å². The van der Waals surface area contributed by atoms with Gasteiger partial charge in [0.05, 0.1) is 13.2 Å². The first kappa shape index (κ1) is 34.2. The molecule has 0 rings (SSSR count). The first-order valence-corrected chi connectivity index (χ1v) is 14.3. The number of unbranched alkanes of at least 4 members (excludes halogenated alkanes) is 3. The van der Waals surface area contributed by atoms with E-state index in [0.717, 1.165) is 51.4 Å². The van der Waals surface area contributed by atoms with Gasteiger partial charge in [-0.2, -0.15) is 0 Å². The second kappa shape index (κ2) is 24.9. The van der Waals surface area contributed by atoms with E-state index in [-0.39, 0.29) is 26.2 Å². The van der Waals surface area contributed by atoms with Crippen LogP contribution < -0.4 is 5.73 Å². The SMILES string of the molecule is CC/C=C/C/C=C/C/C=C/C/C=C/C/C=C/CCCCCC(=O)OC[C@@H](O)COP(=O)(O)OCCN. The topological polar surface area (TPSA) is 128 Å². The summed E-state index contributed by atoms with van der Waals surface area (Å²) in [7, 11) is -4.26. The highest BCUT2D eigenvalue weighted by Crippen LogP contribution is 2.42. The van der Waals surface area contributed by atoms with Crippen molar-refractivity contribution in [2.45, 2.75) is 77.2 Å². The van der Waals surface area contributed by atoms with E-state index < -0.39 is 26.5 Å². The Balaban J connectivity index is 3.63. The van der Waals surface area contributed by atoms with Gasteiger partial charge in [0.25, 0.3) is 0 Å². The van der Waals surface area contributed by atoms with Crippen molar-refractivity contribution in [1.29, 1.82) is 0 Å². The first-order chi connectivity index (χ1) is 17.4. The molecule has 0 bridgehead atoms. The van der Waals surface area contributed by atoms with E-state index in [9.17, 15) is 19.4 Å². The van der Waals surface area contributed by atoms with E-state index in [1.807, 2.05) is 0 Å². The van der Waals surface area contributed by atoms with E-state index in [1.165, 1.54) is 0 Å². The molecule has 0 amide bonds. The fourth-order valence-electron chi connectivity index (χ4n) is 2.77. The molecule has 0 aliphatic rings. The van der Waals surface area contributed by atoms with Crippen LogP contribution in [-0.4, -0.2) is 48.4 Å². The third kappa shape index (κ3) is 25.3. The predicted molar refractivity (Wildman–Crippen MR) is 145 cm³/mol. The molecule has 4 N–H and O–H groups in total. The molecule has 0 fully saturated rings. The van der Waals surface area contributed by atoms with E-state index in [0.29, 0.717) is 6.42 Å². The minimum absolute atomic E-state index is 0.0659. The van der Waals surface area contributed by atoms with Crippen LogP contribution in [0.1, 0.15) is 71.1 Å². The molecule has 0 aromatic heterocycles. The summed E-state index contributed by atoms with van der Waals surface area (Å²) in [6.07, 6.45) is 29.3. The highest BCUT2D eigenvalue weighted by molar-refractivity contribution is 7.47. The Morgan fingerprint density at radius 3 is 1.94 bits per heavy atom. The predicted octanol–water partition coefficient (Wildman–Crippen LogP) is 5.68. The van der Waals surface area contributed by atoms with Gasteiger partial charge in [-0.3, -0.25) is 13.8 Å². The molecule has 0 spiro atoms. The van der Waals surface area contributed by atoms with E-state index in [1.54, 1.807) is 0 Å². The minimum atomic E-state index is -4.26. The van der Waals surface area contributed by atoms with E-state index in [4.69, 9.17) is 10.5 Å². The lowest BCUT2D eigenvalue weighted by molar-refractivity contribution is -0.147. The summed E-state index contributed by atoms with van der Waals surface area (Å²) >= 11 is 0. The van der Waals surface area contributed by atoms with Gasteiger partial charge in [0.1, 0.15) is 12.7 Å². The zero-order chi connectivity index (χ0) is 26.7. The quantitative estimate of drug-likeness (QED) is 0.0670. The van der Waals surface area contributed by atoms with Gasteiger partial charge in [0, 0.05) is 13.0 Å². The molecular formula is C27H46NO7P. The van der Waals surface area contributed by atoms with Crippen LogP contribution in [0.5, 0.6) is 0 Å². The Hall–Kier alpha value is -1.80. The monoisotopic (exact) mass is 527 g/mol. The molecule has 0 saturated carbocycles. The van der Waals surface area contributed by atoms with Crippen LogP contribution in [-0.2, 0) is 23.1 Å². The lowest BCUT2D eigenvalue weighted by atomic mass is 10.1. The number of hydrogen-bond acceptors (Lipinski definition) is 7. The van der Waals surface area contributed by atoms with Gasteiger partial charge in [0.15, 0.2) is 0 Å². The van der Waals surface area contributed by atoms with Crippen LogP contribution in [0, 0.1) is 0 Å². The smallest absolute Gasteiger partial charge is 0.463 e. The number of carbonyl (C=O) groups excluding carboxylic acids is 1. The third-order valence-electron chi connectivity index (χ3n) is 4.65. The lowest BCUT2D eigenvalue weighted by Gasteiger charge is -2.15. The van der Waals surface area contributed by atoms with Gasteiger partial charge >= 0.3 is 13.8 Å². The summed E-state index contributed by atoms with van der Waals surface area (Å²) in [5.41, 5.74) is 5.17. The van der Waals surface area contributed by atoms with Gasteiger partial charge in [0.2, 0.25) is 0 Å². The molecule has 0 aromatic carbocycles. The molecule has 0 radical (unpaired) electrons. The Morgan fingerprint density at radius 1 is 0.833 bits per heavy atom. The standard InChI is InChI=1S/C27H46NO7P/c1-2-3-4-5-6-7-8-9-10-11-12-13-14-15-16-17-18-19-20-21-27(30)33-24-26(29)25-35-36(31,32)34-23-22-28/h3-4,6-7,9-10,12-13,15-16,26,29H,2,5,8,11,14,17-25,28H2,1H3,(H,31,32)/b4-3+,7-6+,10-9+,13-12+,16-15+/t26-/m1/s1. The van der Waals surface area contributed by atoms with Crippen molar-refractivity contribution in [3.63, 3.8) is 0 Å². The summed E-state index contributed by atoms with van der Waals surface area (Å²) in [4.78, 5) is 21.0. The average Bonchev–Trinajstić information content (AvgIpc) is 2.86. The second-order valence-corrected chi connectivity index (χ2v) is 9.48. The summed E-state index contributed by atoms with van der Waals surface area (Å²) in [6.45, 7) is 1.27. The summed E-state index contributed by atoms with van der Waals surface area (Å²) < 4.78 is 25.5. The van der Waals surface area contributed by atoms with Crippen LogP contribution in [0.2, 0.25) is 0 Å². The molecule has 0 aliphatic carbocycles. The number of ether oxygens (including phenoxy) is 1. The molecule has 2 atom stereocenters. The van der Waals surface area contributed by atoms with Gasteiger partial charge in [-0.05, 0) is 51.4 Å². The zero-order valence-electron chi connectivity index (χ0n) is 21.7. The Bertz CT molecular complexity index is 732. The highest BCUT2D eigenvalue weighted by Gasteiger charge is 2.22. The Labute approximate surface area is 217 Å². The number of carbonyl (C=O) groups is 1. The van der Waals surface area contributed by atoms with Crippen molar-refractivity contribution in [2.75, 3.05) is 26.4 Å². The van der Waals surface area contributed by atoms with Crippen LogP contribution in [0.15, 0.2) is 60.8 Å². The number of allylic oxidation sites excluding steroid dienone is 10. The van der Waals surface area contributed by atoms with Crippen molar-refractivity contribution in [2.24, 2.45) is 5.73 Å². The van der Waals surface area contributed by atoms with Crippen molar-refractivity contribution in [1.82, 2.24) is 0 Å². The van der Waals surface area contributed by atoms with Crippen molar-refractivity contribution in [3.8, 4) is 0 Å². The largest absolute Gasteiger partial charge is 0.472 e. The maximum absolute atomic E-state index is 11.7. The highest BCUT2D eigenvalue weighted by atomic mass is 31.2. The Morgan fingerprint density at radius 2 is 1.39 bits per heavy atom. The fourth-order valence-corrected chi connectivity index (χ4v) is 3.54. The second-order valence-electron chi connectivity index (χ2n) is 8.03. The number of rotatable bonds is 23. The maximum Gasteiger partial charge on any atom is 0.472 e. The molecule has 1 unspecified atom stereocenters. The molecule has 9 heteroatoms. The van der Waals surface area contributed by atoms with Gasteiger partial charge in [-0.15, -0.1) is 0 Å². The van der Waals surface area contributed by atoms with Gasteiger partial charge in [-0.1, -0.05) is 74.1 Å². The zero-order valence-corrected chi connectivity index (χ0v) is 22.6. The fraction of sp³-hybridized carbons (Fsp3) is 0.593. The molecule has 0 saturated heterocycles. The molecule has 0 heterocycles. The molecular weight excluding hydrogens is 481 g/mol. The lowest BCUT2D eigenvalue weighted by Crippen LogP contribution is -2.23. The van der Waals surface area contributed by atoms with Gasteiger partial charge < -0.3 is 20.5 Å². The van der Waals surface area contributed by atoms with Crippen molar-refractivity contribution < 1.29 is 33.1 Å².